The molecule has 0 radical (unpaired) electrons. The van der Waals surface area contributed by atoms with Crippen molar-refractivity contribution in [1.29, 1.82) is 0 Å². The third-order valence-corrected chi connectivity index (χ3v) is 2.05. The monoisotopic (exact) mass is 225 g/mol. The predicted molar refractivity (Wildman–Crippen MR) is 54.0 cm³/mol. The van der Waals surface area contributed by atoms with Crippen LogP contribution in [-0.4, -0.2) is 29.3 Å². The van der Waals surface area contributed by atoms with Gasteiger partial charge in [0.2, 0.25) is 0 Å². The van der Waals surface area contributed by atoms with E-state index in [0.29, 0.717) is 0 Å². The van der Waals surface area contributed by atoms with Gasteiger partial charge in [-0.2, -0.15) is 0 Å². The average molecular weight is 225 g/mol. The van der Waals surface area contributed by atoms with Gasteiger partial charge in [-0.3, -0.25) is 4.79 Å². The van der Waals surface area contributed by atoms with Crippen molar-refractivity contribution in [2.24, 2.45) is 5.73 Å². The number of ether oxygens (including phenoxy) is 1. The van der Waals surface area contributed by atoms with Crippen LogP contribution in [0.1, 0.15) is 22.0 Å². The summed E-state index contributed by atoms with van der Waals surface area (Å²) in [5.41, 5.74) is 5.46. The molecule has 0 aliphatic carbocycles. The summed E-state index contributed by atoms with van der Waals surface area (Å²) in [6, 6.07) is 2.48. The van der Waals surface area contributed by atoms with E-state index in [4.69, 9.17) is 10.8 Å². The molecule has 0 amide bonds. The molecule has 4 N–H and O–H groups in total. The zero-order valence-electron chi connectivity index (χ0n) is 8.51. The summed E-state index contributed by atoms with van der Waals surface area (Å²) >= 11 is 0. The summed E-state index contributed by atoms with van der Waals surface area (Å²) in [6.07, 6.45) is 0. The second-order valence-corrected chi connectivity index (χ2v) is 3.08. The number of benzene rings is 1. The summed E-state index contributed by atoms with van der Waals surface area (Å²) in [5.74, 6) is -2.26. The van der Waals surface area contributed by atoms with E-state index in [0.717, 1.165) is 7.11 Å². The Kier molecular flexibility index (Phi) is 3.47. The van der Waals surface area contributed by atoms with Crippen LogP contribution in [0.3, 0.4) is 0 Å². The maximum atomic E-state index is 11.2. The lowest BCUT2D eigenvalue weighted by molar-refractivity contribution is -0.138. The lowest BCUT2D eigenvalue weighted by Crippen LogP contribution is -2.21. The van der Waals surface area contributed by atoms with Gasteiger partial charge in [-0.1, -0.05) is 6.07 Å². The first-order valence-corrected chi connectivity index (χ1v) is 4.37. The van der Waals surface area contributed by atoms with Crippen LogP contribution in [-0.2, 0) is 9.53 Å². The maximum absolute atomic E-state index is 11.2. The fraction of sp³-hybridized carbons (Fsp3) is 0.200. The zero-order valence-corrected chi connectivity index (χ0v) is 8.51. The number of carboxylic acid groups (broad SMARTS) is 1. The normalized spacial score (nSPS) is 11.9. The molecule has 0 aromatic heterocycles. The van der Waals surface area contributed by atoms with Gasteiger partial charge in [-0.15, -0.1) is 0 Å². The van der Waals surface area contributed by atoms with Crippen LogP contribution in [0.25, 0.3) is 0 Å². The Morgan fingerprint density at radius 3 is 2.56 bits per heavy atom. The lowest BCUT2D eigenvalue weighted by Gasteiger charge is -2.09. The molecule has 6 heteroatoms. The Morgan fingerprint density at radius 1 is 1.44 bits per heavy atom. The van der Waals surface area contributed by atoms with Gasteiger partial charge in [0.15, 0.2) is 0 Å². The third kappa shape index (κ3) is 2.29. The van der Waals surface area contributed by atoms with Crippen molar-refractivity contribution in [2.75, 3.05) is 7.11 Å². The van der Waals surface area contributed by atoms with Crippen molar-refractivity contribution >= 4 is 11.9 Å². The minimum atomic E-state index is -1.25. The fourth-order valence-electron chi connectivity index (χ4n) is 1.16. The molecule has 1 unspecified atom stereocenters. The number of phenolic OH excluding ortho intramolecular Hbond substituents is 1. The molecule has 0 aliphatic heterocycles. The van der Waals surface area contributed by atoms with E-state index in [1.165, 1.54) is 18.2 Å². The van der Waals surface area contributed by atoms with Crippen LogP contribution in [0.5, 0.6) is 5.75 Å². The lowest BCUT2D eigenvalue weighted by atomic mass is 10.0. The number of rotatable bonds is 3. The Hall–Kier alpha value is -2.08. The first kappa shape index (κ1) is 12.0. The minimum absolute atomic E-state index is 0.114. The number of carbonyl (C=O) groups excluding carboxylic acids is 1. The molecule has 1 rings (SSSR count). The summed E-state index contributed by atoms with van der Waals surface area (Å²) in [6.45, 7) is 0. The predicted octanol–water partition coefficient (Wildman–Crippen LogP) is 0.263. The van der Waals surface area contributed by atoms with Gasteiger partial charge in [-0.25, -0.2) is 4.79 Å². The van der Waals surface area contributed by atoms with Crippen LogP contribution in [0.4, 0.5) is 0 Å². The van der Waals surface area contributed by atoms with Crippen molar-refractivity contribution < 1.29 is 24.5 Å². The number of nitrogens with two attached hydrogens (primary N) is 1. The largest absolute Gasteiger partial charge is 0.507 e. The highest BCUT2D eigenvalue weighted by Gasteiger charge is 2.18. The standard InChI is InChI=1S/C10H11NO5/c1-16-10(15)6-4-5(2-3-7(6)12)8(11)9(13)14/h2-4,8,12H,11H2,1H3,(H,13,14). The number of hydrogen-bond acceptors (Lipinski definition) is 5. The van der Waals surface area contributed by atoms with Crippen molar-refractivity contribution in [1.82, 2.24) is 0 Å². The van der Waals surface area contributed by atoms with E-state index >= 15 is 0 Å². The van der Waals surface area contributed by atoms with Crippen molar-refractivity contribution in [3.8, 4) is 5.75 Å². The quantitative estimate of drug-likeness (QED) is 0.636. The van der Waals surface area contributed by atoms with Gasteiger partial charge in [0.05, 0.1) is 7.11 Å². The highest BCUT2D eigenvalue weighted by molar-refractivity contribution is 5.93. The summed E-state index contributed by atoms with van der Waals surface area (Å²) in [4.78, 5) is 21.8. The zero-order chi connectivity index (χ0) is 12.3. The van der Waals surface area contributed by atoms with E-state index in [2.05, 4.69) is 4.74 Å². The molecule has 86 valence electrons. The Morgan fingerprint density at radius 2 is 2.06 bits per heavy atom. The first-order chi connectivity index (χ1) is 7.47. The highest BCUT2D eigenvalue weighted by atomic mass is 16.5. The van der Waals surface area contributed by atoms with Crippen molar-refractivity contribution in [3.05, 3.63) is 29.3 Å². The summed E-state index contributed by atoms with van der Waals surface area (Å²) in [5, 5.41) is 18.1. The molecular formula is C10H11NO5. The maximum Gasteiger partial charge on any atom is 0.341 e. The van der Waals surface area contributed by atoms with Gasteiger partial charge >= 0.3 is 11.9 Å². The van der Waals surface area contributed by atoms with Gasteiger partial charge < -0.3 is 20.7 Å². The molecule has 0 aliphatic rings. The molecule has 0 bridgehead atoms. The van der Waals surface area contributed by atoms with Crippen LogP contribution < -0.4 is 5.73 Å². The second kappa shape index (κ2) is 4.63. The molecule has 0 fully saturated rings. The number of aliphatic carboxylic acids is 1. The molecule has 1 atom stereocenters. The van der Waals surface area contributed by atoms with E-state index < -0.39 is 18.0 Å². The molecule has 0 saturated heterocycles. The molecule has 0 saturated carbocycles. The van der Waals surface area contributed by atoms with E-state index in [1.54, 1.807) is 0 Å². The van der Waals surface area contributed by atoms with Crippen molar-refractivity contribution in [2.45, 2.75) is 6.04 Å². The number of aromatic hydroxyl groups is 1. The fourth-order valence-corrected chi connectivity index (χ4v) is 1.16. The van der Waals surface area contributed by atoms with Crippen LogP contribution in [0, 0.1) is 0 Å². The smallest absolute Gasteiger partial charge is 0.341 e. The van der Waals surface area contributed by atoms with E-state index in [1.807, 2.05) is 0 Å². The highest BCUT2D eigenvalue weighted by Crippen LogP contribution is 2.22. The van der Waals surface area contributed by atoms with Crippen LogP contribution in [0.2, 0.25) is 0 Å². The molecule has 16 heavy (non-hydrogen) atoms. The average Bonchev–Trinajstić information content (AvgIpc) is 2.27. The molecule has 1 aromatic rings. The van der Waals surface area contributed by atoms with Gasteiger partial charge in [0.1, 0.15) is 17.4 Å². The Balaban J connectivity index is 3.17. The number of esters is 1. The Bertz CT molecular complexity index is 429. The summed E-state index contributed by atoms with van der Waals surface area (Å²) in [7, 11) is 1.16. The molecule has 6 nitrogen and oxygen atoms in total. The first-order valence-electron chi connectivity index (χ1n) is 4.37. The van der Waals surface area contributed by atoms with Gasteiger partial charge in [0.25, 0.3) is 0 Å². The summed E-state index contributed by atoms with van der Waals surface area (Å²) < 4.78 is 4.43. The SMILES string of the molecule is COC(=O)c1cc(C(N)C(=O)O)ccc1O. The Labute approximate surface area is 91.3 Å². The molecule has 1 aromatic carbocycles. The second-order valence-electron chi connectivity index (χ2n) is 3.08. The number of carbonyl (C=O) groups is 2. The minimum Gasteiger partial charge on any atom is -0.507 e. The topological polar surface area (TPSA) is 110 Å². The molecular weight excluding hydrogens is 214 g/mol. The van der Waals surface area contributed by atoms with Gasteiger partial charge in [-0.05, 0) is 17.7 Å². The number of methoxy groups -OCH3 is 1. The van der Waals surface area contributed by atoms with Crippen LogP contribution >= 0.6 is 0 Å². The van der Waals surface area contributed by atoms with Crippen molar-refractivity contribution in [3.63, 3.8) is 0 Å². The molecule has 0 heterocycles. The van der Waals surface area contributed by atoms with E-state index in [9.17, 15) is 14.7 Å². The number of carboxylic acids is 1. The number of phenols is 1. The molecule has 0 spiro atoms. The number of hydrogen-bond donors (Lipinski definition) is 3. The van der Waals surface area contributed by atoms with E-state index in [-0.39, 0.29) is 16.9 Å². The third-order valence-electron chi connectivity index (χ3n) is 2.05. The van der Waals surface area contributed by atoms with Gasteiger partial charge in [0, 0.05) is 0 Å². The van der Waals surface area contributed by atoms with Crippen LogP contribution in [0.15, 0.2) is 18.2 Å².